The predicted molar refractivity (Wildman–Crippen MR) is 99.8 cm³/mol. The van der Waals surface area contributed by atoms with Crippen LogP contribution in [0, 0.1) is 0 Å². The minimum Gasteiger partial charge on any atom is -0.394 e. The summed E-state index contributed by atoms with van der Waals surface area (Å²) in [5, 5.41) is 13.0. The first-order chi connectivity index (χ1) is 12.3. The lowest BCUT2D eigenvalue weighted by atomic mass is 10.0. The minimum absolute atomic E-state index is 0.173. The van der Waals surface area contributed by atoms with Crippen molar-refractivity contribution in [3.05, 3.63) is 47.8 Å². The van der Waals surface area contributed by atoms with Crippen LogP contribution in [0.1, 0.15) is 49.1 Å². The van der Waals surface area contributed by atoms with Gasteiger partial charge in [0.1, 0.15) is 18.0 Å². The average molecular weight is 338 g/mol. The maximum absolute atomic E-state index is 9.61. The molecule has 0 radical (unpaired) electrons. The van der Waals surface area contributed by atoms with Gasteiger partial charge >= 0.3 is 0 Å². The summed E-state index contributed by atoms with van der Waals surface area (Å²) < 4.78 is 0. The third-order valence-corrected chi connectivity index (χ3v) is 5.29. The highest BCUT2D eigenvalue weighted by atomic mass is 16.3. The Morgan fingerprint density at radius 2 is 1.92 bits per heavy atom. The summed E-state index contributed by atoms with van der Waals surface area (Å²) in [4.78, 5) is 11.0. The van der Waals surface area contributed by atoms with Crippen molar-refractivity contribution in [3.63, 3.8) is 0 Å². The van der Waals surface area contributed by atoms with Crippen molar-refractivity contribution < 1.29 is 5.11 Å². The highest BCUT2D eigenvalue weighted by Crippen LogP contribution is 2.39. The van der Waals surface area contributed by atoms with Crippen molar-refractivity contribution in [3.8, 4) is 0 Å². The number of piperidine rings is 1. The fourth-order valence-electron chi connectivity index (χ4n) is 3.61. The van der Waals surface area contributed by atoms with Gasteiger partial charge in [0.15, 0.2) is 0 Å². The first-order valence-corrected chi connectivity index (χ1v) is 9.36. The van der Waals surface area contributed by atoms with Crippen LogP contribution >= 0.6 is 0 Å². The van der Waals surface area contributed by atoms with Gasteiger partial charge in [0.2, 0.25) is 0 Å². The topological polar surface area (TPSA) is 61.3 Å². The number of nitrogens with zero attached hydrogens (tertiary/aromatic N) is 3. The molecule has 0 spiro atoms. The molecule has 1 aliphatic heterocycles. The second kappa shape index (κ2) is 7.40. The molecule has 132 valence electrons. The molecule has 0 bridgehead atoms. The number of hydrogen-bond donors (Lipinski definition) is 2. The fraction of sp³-hybridized carbons (Fsp3) is 0.500. The van der Waals surface area contributed by atoms with Crippen molar-refractivity contribution in [2.75, 3.05) is 23.4 Å². The molecule has 1 aromatic carbocycles. The molecular formula is C20H26N4O. The number of hydrogen-bond acceptors (Lipinski definition) is 5. The Balaban J connectivity index is 1.40. The van der Waals surface area contributed by atoms with Gasteiger partial charge in [-0.05, 0) is 49.1 Å². The second-order valence-corrected chi connectivity index (χ2v) is 7.16. The van der Waals surface area contributed by atoms with Crippen molar-refractivity contribution in [1.29, 1.82) is 0 Å². The van der Waals surface area contributed by atoms with Crippen LogP contribution in [0.4, 0.5) is 11.6 Å². The Morgan fingerprint density at radius 3 is 2.68 bits per heavy atom. The van der Waals surface area contributed by atoms with E-state index in [0.29, 0.717) is 0 Å². The monoisotopic (exact) mass is 338 g/mol. The number of benzene rings is 1. The zero-order valence-corrected chi connectivity index (χ0v) is 14.6. The van der Waals surface area contributed by atoms with E-state index in [-0.39, 0.29) is 12.6 Å². The molecule has 2 fully saturated rings. The van der Waals surface area contributed by atoms with E-state index < -0.39 is 0 Å². The first kappa shape index (κ1) is 16.3. The standard InChI is InChI=1S/C20H26N4O/c25-13-18-3-1-2-10-24(18)20-11-19(22-14-23-20)21-12-15-4-6-16(7-5-15)17-8-9-17/h4-7,11,14,17-18,25H,1-3,8-10,12-13H2,(H,21,22,23). The number of aliphatic hydroxyl groups excluding tert-OH is 1. The smallest absolute Gasteiger partial charge is 0.134 e. The highest BCUT2D eigenvalue weighted by Gasteiger charge is 2.24. The van der Waals surface area contributed by atoms with Crippen LogP contribution in [0.25, 0.3) is 0 Å². The quantitative estimate of drug-likeness (QED) is 0.846. The van der Waals surface area contributed by atoms with Gasteiger partial charge in [-0.15, -0.1) is 0 Å². The third-order valence-electron chi connectivity index (χ3n) is 5.29. The second-order valence-electron chi connectivity index (χ2n) is 7.16. The van der Waals surface area contributed by atoms with Gasteiger partial charge in [0, 0.05) is 19.2 Å². The van der Waals surface area contributed by atoms with Crippen LogP contribution in [0.15, 0.2) is 36.7 Å². The van der Waals surface area contributed by atoms with Crippen molar-refractivity contribution in [2.24, 2.45) is 0 Å². The molecule has 0 amide bonds. The molecule has 1 atom stereocenters. The summed E-state index contributed by atoms with van der Waals surface area (Å²) >= 11 is 0. The Hall–Kier alpha value is -2.14. The number of aliphatic hydroxyl groups is 1. The zero-order chi connectivity index (χ0) is 17.1. The lowest BCUT2D eigenvalue weighted by Gasteiger charge is -2.35. The van der Waals surface area contributed by atoms with E-state index in [0.717, 1.165) is 43.5 Å². The summed E-state index contributed by atoms with van der Waals surface area (Å²) in [6, 6.07) is 11.1. The fourth-order valence-corrected chi connectivity index (χ4v) is 3.61. The van der Waals surface area contributed by atoms with Crippen molar-refractivity contribution >= 4 is 11.6 Å². The number of aromatic nitrogens is 2. The molecule has 2 aromatic rings. The van der Waals surface area contributed by atoms with E-state index in [2.05, 4.69) is 44.5 Å². The van der Waals surface area contributed by atoms with E-state index in [1.807, 2.05) is 6.07 Å². The third kappa shape index (κ3) is 3.93. The summed E-state index contributed by atoms with van der Waals surface area (Å²) in [6.07, 6.45) is 7.64. The summed E-state index contributed by atoms with van der Waals surface area (Å²) in [5.41, 5.74) is 2.73. The van der Waals surface area contributed by atoms with Gasteiger partial charge in [-0.2, -0.15) is 0 Å². The van der Waals surface area contributed by atoms with Crippen LogP contribution in [0.5, 0.6) is 0 Å². The van der Waals surface area contributed by atoms with E-state index in [9.17, 15) is 5.11 Å². The van der Waals surface area contributed by atoms with Crippen molar-refractivity contribution in [1.82, 2.24) is 9.97 Å². The summed E-state index contributed by atoms with van der Waals surface area (Å²) in [6.45, 7) is 1.88. The van der Waals surface area contributed by atoms with Crippen LogP contribution < -0.4 is 10.2 Å². The minimum atomic E-state index is 0.173. The predicted octanol–water partition coefficient (Wildman–Crippen LogP) is 3.32. The van der Waals surface area contributed by atoms with Gasteiger partial charge < -0.3 is 15.3 Å². The molecule has 2 heterocycles. The van der Waals surface area contributed by atoms with Crippen LogP contribution in [0.3, 0.4) is 0 Å². The van der Waals surface area contributed by atoms with Gasteiger partial charge in [-0.3, -0.25) is 0 Å². The molecule has 1 aromatic heterocycles. The van der Waals surface area contributed by atoms with Gasteiger partial charge in [-0.25, -0.2) is 9.97 Å². The van der Waals surface area contributed by atoms with Crippen LogP contribution in [-0.4, -0.2) is 34.3 Å². The molecule has 4 rings (SSSR count). The molecule has 1 unspecified atom stereocenters. The molecule has 2 N–H and O–H groups in total. The lowest BCUT2D eigenvalue weighted by Crippen LogP contribution is -2.42. The Morgan fingerprint density at radius 1 is 1.08 bits per heavy atom. The Kier molecular flexibility index (Phi) is 4.83. The number of rotatable bonds is 6. The lowest BCUT2D eigenvalue weighted by molar-refractivity contribution is 0.239. The Labute approximate surface area is 149 Å². The van der Waals surface area contributed by atoms with Gasteiger partial charge in [0.05, 0.1) is 12.6 Å². The Bertz CT molecular complexity index is 699. The molecule has 1 aliphatic carbocycles. The van der Waals surface area contributed by atoms with E-state index in [1.165, 1.54) is 30.4 Å². The van der Waals surface area contributed by atoms with E-state index in [4.69, 9.17) is 0 Å². The summed E-state index contributed by atoms with van der Waals surface area (Å²) in [5.74, 6) is 2.54. The largest absolute Gasteiger partial charge is 0.394 e. The molecule has 5 nitrogen and oxygen atoms in total. The highest BCUT2D eigenvalue weighted by molar-refractivity contribution is 5.49. The zero-order valence-electron chi connectivity index (χ0n) is 14.6. The van der Waals surface area contributed by atoms with Crippen molar-refractivity contribution in [2.45, 2.75) is 50.6 Å². The van der Waals surface area contributed by atoms with Gasteiger partial charge in [0.25, 0.3) is 0 Å². The van der Waals surface area contributed by atoms with Crippen LogP contribution in [0.2, 0.25) is 0 Å². The molecule has 1 saturated heterocycles. The molecule has 25 heavy (non-hydrogen) atoms. The molecule has 2 aliphatic rings. The maximum atomic E-state index is 9.61. The summed E-state index contributed by atoms with van der Waals surface area (Å²) in [7, 11) is 0. The average Bonchev–Trinajstić information content (AvgIpc) is 3.52. The molecule has 5 heteroatoms. The number of anilines is 2. The van der Waals surface area contributed by atoms with Gasteiger partial charge in [-0.1, -0.05) is 24.3 Å². The first-order valence-electron chi connectivity index (χ1n) is 9.36. The normalized spacial score (nSPS) is 20.5. The number of nitrogens with one attached hydrogen (secondary N) is 1. The molecule has 1 saturated carbocycles. The molecular weight excluding hydrogens is 312 g/mol. The SMILES string of the molecule is OCC1CCCCN1c1cc(NCc2ccc(C3CC3)cc2)ncn1. The van der Waals surface area contributed by atoms with Crippen LogP contribution in [-0.2, 0) is 6.54 Å². The maximum Gasteiger partial charge on any atom is 0.134 e. The van der Waals surface area contributed by atoms with E-state index in [1.54, 1.807) is 6.33 Å². The van der Waals surface area contributed by atoms with E-state index >= 15 is 0 Å².